The number of hydrogen-bond donors (Lipinski definition) is 2. The Bertz CT molecular complexity index is 180. The Morgan fingerprint density at radius 1 is 0.941 bits per heavy atom. The summed E-state index contributed by atoms with van der Waals surface area (Å²) >= 11 is 0. The van der Waals surface area contributed by atoms with Crippen LogP contribution in [0.3, 0.4) is 0 Å². The Hall–Kier alpha value is -0.570. The van der Waals surface area contributed by atoms with Gasteiger partial charge in [0, 0.05) is 6.61 Å². The standard InChI is InChI=1S/C14H28O3/c1-2-10-13(14(16)17)11-8-6-4-3-5-7-9-12-15/h13,15H,2-12H2,1H3,(H,16,17). The van der Waals surface area contributed by atoms with E-state index in [1.54, 1.807) is 0 Å². The van der Waals surface area contributed by atoms with Gasteiger partial charge in [0.05, 0.1) is 5.92 Å². The highest BCUT2D eigenvalue weighted by molar-refractivity contribution is 5.69. The van der Waals surface area contributed by atoms with Crippen LogP contribution in [0.2, 0.25) is 0 Å². The van der Waals surface area contributed by atoms with Crippen LogP contribution in [0.4, 0.5) is 0 Å². The summed E-state index contributed by atoms with van der Waals surface area (Å²) in [6, 6.07) is 0. The number of aliphatic hydroxyl groups is 1. The van der Waals surface area contributed by atoms with Gasteiger partial charge in [-0.3, -0.25) is 4.79 Å². The van der Waals surface area contributed by atoms with Crippen LogP contribution in [-0.2, 0) is 4.79 Å². The van der Waals surface area contributed by atoms with Crippen molar-refractivity contribution >= 4 is 5.97 Å². The van der Waals surface area contributed by atoms with Gasteiger partial charge in [-0.05, 0) is 19.3 Å². The minimum Gasteiger partial charge on any atom is -0.481 e. The van der Waals surface area contributed by atoms with Gasteiger partial charge in [0.1, 0.15) is 0 Å². The van der Waals surface area contributed by atoms with Crippen molar-refractivity contribution in [2.24, 2.45) is 5.92 Å². The molecule has 0 bridgehead atoms. The lowest BCUT2D eigenvalue weighted by atomic mass is 9.96. The van der Waals surface area contributed by atoms with Gasteiger partial charge >= 0.3 is 5.97 Å². The van der Waals surface area contributed by atoms with Crippen LogP contribution in [0, 0.1) is 5.92 Å². The van der Waals surface area contributed by atoms with Gasteiger partial charge in [-0.25, -0.2) is 0 Å². The van der Waals surface area contributed by atoms with Crippen LogP contribution in [0.15, 0.2) is 0 Å². The molecular formula is C14H28O3. The van der Waals surface area contributed by atoms with Crippen molar-refractivity contribution in [3.05, 3.63) is 0 Å². The van der Waals surface area contributed by atoms with E-state index in [9.17, 15) is 4.79 Å². The quantitative estimate of drug-likeness (QED) is 0.516. The summed E-state index contributed by atoms with van der Waals surface area (Å²) in [7, 11) is 0. The highest BCUT2D eigenvalue weighted by Gasteiger charge is 2.14. The molecule has 0 aliphatic rings. The number of carbonyl (C=O) groups is 1. The van der Waals surface area contributed by atoms with Gasteiger partial charge in [0.15, 0.2) is 0 Å². The molecule has 0 aliphatic heterocycles. The predicted molar refractivity (Wildman–Crippen MR) is 70.1 cm³/mol. The zero-order valence-corrected chi connectivity index (χ0v) is 11.2. The molecule has 1 atom stereocenters. The Labute approximate surface area is 105 Å². The van der Waals surface area contributed by atoms with E-state index in [-0.39, 0.29) is 5.92 Å². The normalized spacial score (nSPS) is 12.6. The lowest BCUT2D eigenvalue weighted by molar-refractivity contribution is -0.142. The maximum Gasteiger partial charge on any atom is 0.306 e. The average molecular weight is 244 g/mol. The fourth-order valence-electron chi connectivity index (χ4n) is 2.13. The smallest absolute Gasteiger partial charge is 0.306 e. The first kappa shape index (κ1) is 16.4. The molecule has 0 aromatic rings. The highest BCUT2D eigenvalue weighted by Crippen LogP contribution is 2.17. The lowest BCUT2D eigenvalue weighted by Gasteiger charge is -2.10. The molecule has 0 rings (SSSR count). The summed E-state index contributed by atoms with van der Waals surface area (Å²) in [5, 5.41) is 17.6. The van der Waals surface area contributed by atoms with E-state index in [1.165, 1.54) is 19.3 Å². The molecule has 0 saturated heterocycles. The number of aliphatic hydroxyl groups excluding tert-OH is 1. The van der Waals surface area contributed by atoms with Crippen molar-refractivity contribution in [2.75, 3.05) is 6.61 Å². The van der Waals surface area contributed by atoms with Crippen LogP contribution in [-0.4, -0.2) is 22.8 Å². The highest BCUT2D eigenvalue weighted by atomic mass is 16.4. The second kappa shape index (κ2) is 11.9. The molecule has 0 heterocycles. The van der Waals surface area contributed by atoms with Gasteiger partial charge in [-0.15, -0.1) is 0 Å². The van der Waals surface area contributed by atoms with E-state index in [1.807, 2.05) is 6.92 Å². The van der Waals surface area contributed by atoms with Gasteiger partial charge in [0.25, 0.3) is 0 Å². The second-order valence-corrected chi connectivity index (χ2v) is 4.81. The van der Waals surface area contributed by atoms with E-state index in [0.29, 0.717) is 6.61 Å². The molecule has 0 aromatic carbocycles. The van der Waals surface area contributed by atoms with Gasteiger partial charge < -0.3 is 10.2 Å². The fourth-order valence-corrected chi connectivity index (χ4v) is 2.13. The molecule has 102 valence electrons. The van der Waals surface area contributed by atoms with E-state index < -0.39 is 5.97 Å². The zero-order valence-electron chi connectivity index (χ0n) is 11.2. The minimum atomic E-state index is -0.630. The van der Waals surface area contributed by atoms with E-state index in [4.69, 9.17) is 10.2 Å². The molecule has 0 aliphatic carbocycles. The number of rotatable bonds is 12. The number of carboxylic acid groups (broad SMARTS) is 1. The topological polar surface area (TPSA) is 57.5 Å². The minimum absolute atomic E-state index is 0.130. The largest absolute Gasteiger partial charge is 0.481 e. The van der Waals surface area contributed by atoms with Crippen molar-refractivity contribution < 1.29 is 15.0 Å². The molecule has 0 radical (unpaired) electrons. The van der Waals surface area contributed by atoms with E-state index in [0.717, 1.165) is 44.9 Å². The fraction of sp³-hybridized carbons (Fsp3) is 0.929. The first-order chi connectivity index (χ1) is 8.22. The Morgan fingerprint density at radius 3 is 1.94 bits per heavy atom. The van der Waals surface area contributed by atoms with Crippen molar-refractivity contribution in [3.8, 4) is 0 Å². The van der Waals surface area contributed by atoms with Crippen LogP contribution >= 0.6 is 0 Å². The van der Waals surface area contributed by atoms with Crippen molar-refractivity contribution in [1.29, 1.82) is 0 Å². The van der Waals surface area contributed by atoms with E-state index >= 15 is 0 Å². The third kappa shape index (κ3) is 10.3. The summed E-state index contributed by atoms with van der Waals surface area (Å²) in [4.78, 5) is 10.9. The molecule has 2 N–H and O–H groups in total. The zero-order chi connectivity index (χ0) is 12.9. The Morgan fingerprint density at radius 2 is 1.47 bits per heavy atom. The molecule has 0 fully saturated rings. The molecule has 0 saturated carbocycles. The summed E-state index contributed by atoms with van der Waals surface area (Å²) in [5.41, 5.74) is 0. The molecule has 3 heteroatoms. The van der Waals surface area contributed by atoms with Crippen LogP contribution in [0.25, 0.3) is 0 Å². The van der Waals surface area contributed by atoms with Crippen LogP contribution in [0.1, 0.15) is 71.1 Å². The molecule has 0 amide bonds. The Kier molecular flexibility index (Phi) is 11.5. The summed E-state index contributed by atoms with van der Waals surface area (Å²) < 4.78 is 0. The first-order valence-corrected chi connectivity index (χ1v) is 7.06. The van der Waals surface area contributed by atoms with Crippen molar-refractivity contribution in [2.45, 2.75) is 71.1 Å². The van der Waals surface area contributed by atoms with Crippen LogP contribution < -0.4 is 0 Å². The maximum atomic E-state index is 10.9. The first-order valence-electron chi connectivity index (χ1n) is 7.06. The molecule has 3 nitrogen and oxygen atoms in total. The van der Waals surface area contributed by atoms with Gasteiger partial charge in [-0.1, -0.05) is 51.9 Å². The number of carboxylic acids is 1. The van der Waals surface area contributed by atoms with Gasteiger partial charge in [-0.2, -0.15) is 0 Å². The SMILES string of the molecule is CCCC(CCCCCCCCCO)C(=O)O. The molecule has 0 aromatic heterocycles. The number of aliphatic carboxylic acids is 1. The van der Waals surface area contributed by atoms with Gasteiger partial charge in [0.2, 0.25) is 0 Å². The van der Waals surface area contributed by atoms with Crippen molar-refractivity contribution in [3.63, 3.8) is 0 Å². The van der Waals surface area contributed by atoms with Crippen LogP contribution in [0.5, 0.6) is 0 Å². The monoisotopic (exact) mass is 244 g/mol. The summed E-state index contributed by atoms with van der Waals surface area (Å²) in [6.07, 6.45) is 10.4. The third-order valence-electron chi connectivity index (χ3n) is 3.20. The number of hydrogen-bond acceptors (Lipinski definition) is 2. The summed E-state index contributed by atoms with van der Waals surface area (Å²) in [5.74, 6) is -0.760. The Balaban J connectivity index is 3.33. The third-order valence-corrected chi connectivity index (χ3v) is 3.20. The van der Waals surface area contributed by atoms with E-state index in [2.05, 4.69) is 0 Å². The number of unbranched alkanes of at least 4 members (excludes halogenated alkanes) is 6. The average Bonchev–Trinajstić information content (AvgIpc) is 2.31. The predicted octanol–water partition coefficient (Wildman–Crippen LogP) is 3.60. The summed E-state index contributed by atoms with van der Waals surface area (Å²) in [6.45, 7) is 2.34. The lowest BCUT2D eigenvalue weighted by Crippen LogP contribution is -2.13. The maximum absolute atomic E-state index is 10.9. The van der Waals surface area contributed by atoms with Crippen molar-refractivity contribution in [1.82, 2.24) is 0 Å². The molecule has 17 heavy (non-hydrogen) atoms. The second-order valence-electron chi connectivity index (χ2n) is 4.81. The molecule has 0 spiro atoms. The molecule has 1 unspecified atom stereocenters. The molecular weight excluding hydrogens is 216 g/mol.